The number of halogens is 3. The molecule has 1 aromatic heterocycles. The molecule has 1 fully saturated rings. The zero-order valence-electron chi connectivity index (χ0n) is 19.4. The van der Waals surface area contributed by atoms with Gasteiger partial charge in [0.2, 0.25) is 0 Å². The summed E-state index contributed by atoms with van der Waals surface area (Å²) >= 11 is 0. The first-order valence-corrected chi connectivity index (χ1v) is 11.7. The standard InChI is InChI=1S/C27H29F3N2O3/c1-35-20-14-22-21(10-12-32-25(22)24(30)15-20)27(34)26(33)16-4-7-19(8-5-16)31-11-2-3-17-13-18(28)6-9-23(17)29/h2-3,6,9-10,12-16,19,26-27,31,33-34H,4-5,7-8,11H2,1H3/t16-,19-,26-,27-/m1/s1. The number of benzene rings is 2. The van der Waals surface area contributed by atoms with E-state index in [2.05, 4.69) is 10.3 Å². The average molecular weight is 487 g/mol. The van der Waals surface area contributed by atoms with E-state index in [0.717, 1.165) is 31.0 Å². The monoisotopic (exact) mass is 486 g/mol. The number of ether oxygens (including phenoxy) is 1. The number of rotatable bonds is 8. The Bertz CT molecular complexity index is 1200. The SMILES string of the molecule is COc1cc(F)c2nccc([C@@H](O)[C@H](O)[C@H]3CC[C@H](NCC=Cc4cc(F)ccc4F)CC3)c2c1. The smallest absolute Gasteiger partial charge is 0.153 e. The molecule has 1 aliphatic rings. The third-order valence-corrected chi connectivity index (χ3v) is 6.72. The molecule has 0 radical (unpaired) electrons. The van der Waals surface area contributed by atoms with Crippen LogP contribution in [0.3, 0.4) is 0 Å². The molecule has 1 aliphatic carbocycles. The normalized spacial score (nSPS) is 20.3. The minimum absolute atomic E-state index is 0.112. The van der Waals surface area contributed by atoms with Crippen molar-refractivity contribution in [3.63, 3.8) is 0 Å². The Hall–Kier alpha value is -2.94. The molecule has 35 heavy (non-hydrogen) atoms. The third kappa shape index (κ3) is 5.83. The van der Waals surface area contributed by atoms with Crippen LogP contribution in [0, 0.1) is 23.4 Å². The summed E-state index contributed by atoms with van der Waals surface area (Å²) in [6.07, 6.45) is 5.55. The maximum Gasteiger partial charge on any atom is 0.153 e. The van der Waals surface area contributed by atoms with Crippen molar-refractivity contribution in [2.75, 3.05) is 13.7 Å². The summed E-state index contributed by atoms with van der Waals surface area (Å²) < 4.78 is 46.5. The third-order valence-electron chi connectivity index (χ3n) is 6.72. The second-order valence-electron chi connectivity index (χ2n) is 8.93. The van der Waals surface area contributed by atoms with E-state index in [4.69, 9.17) is 4.74 Å². The first kappa shape index (κ1) is 25.2. The van der Waals surface area contributed by atoms with Crippen LogP contribution in [0.15, 0.2) is 48.7 Å². The molecule has 3 N–H and O–H groups in total. The fourth-order valence-electron chi connectivity index (χ4n) is 4.75. The minimum Gasteiger partial charge on any atom is -0.497 e. The van der Waals surface area contributed by atoms with Crippen LogP contribution in [0.4, 0.5) is 13.2 Å². The molecule has 8 heteroatoms. The van der Waals surface area contributed by atoms with Crippen LogP contribution in [0.5, 0.6) is 5.75 Å². The van der Waals surface area contributed by atoms with Gasteiger partial charge in [0, 0.05) is 35.8 Å². The molecule has 0 aliphatic heterocycles. The Labute approximate surface area is 202 Å². The molecule has 3 aromatic rings. The van der Waals surface area contributed by atoms with E-state index >= 15 is 0 Å². The molecule has 1 saturated carbocycles. The summed E-state index contributed by atoms with van der Waals surface area (Å²) in [6.45, 7) is 0.507. The van der Waals surface area contributed by atoms with Gasteiger partial charge in [-0.3, -0.25) is 4.98 Å². The first-order valence-electron chi connectivity index (χ1n) is 11.7. The van der Waals surface area contributed by atoms with Gasteiger partial charge in [-0.25, -0.2) is 13.2 Å². The number of aliphatic hydroxyl groups excluding tert-OH is 2. The topological polar surface area (TPSA) is 74.6 Å². The van der Waals surface area contributed by atoms with Gasteiger partial charge in [-0.15, -0.1) is 0 Å². The van der Waals surface area contributed by atoms with Crippen molar-refractivity contribution in [2.45, 2.75) is 43.9 Å². The molecule has 4 rings (SSSR count). The van der Waals surface area contributed by atoms with Crippen molar-refractivity contribution in [1.29, 1.82) is 0 Å². The molecular weight excluding hydrogens is 457 g/mol. The lowest BCUT2D eigenvalue weighted by atomic mass is 9.79. The van der Waals surface area contributed by atoms with E-state index in [-0.39, 0.29) is 23.0 Å². The molecule has 0 spiro atoms. The molecule has 2 atom stereocenters. The second kappa shape index (κ2) is 11.2. The average Bonchev–Trinajstić information content (AvgIpc) is 2.87. The van der Waals surface area contributed by atoms with Gasteiger partial charge in [-0.1, -0.05) is 12.2 Å². The highest BCUT2D eigenvalue weighted by molar-refractivity contribution is 5.84. The van der Waals surface area contributed by atoms with Gasteiger partial charge in [0.1, 0.15) is 29.0 Å². The highest BCUT2D eigenvalue weighted by Gasteiger charge is 2.32. The number of pyridine rings is 1. The van der Waals surface area contributed by atoms with Crippen molar-refractivity contribution in [3.05, 3.63) is 77.2 Å². The summed E-state index contributed by atoms with van der Waals surface area (Å²) in [6, 6.07) is 8.00. The van der Waals surface area contributed by atoms with Crippen LogP contribution in [0.2, 0.25) is 0 Å². The predicted octanol–water partition coefficient (Wildman–Crippen LogP) is 4.92. The van der Waals surface area contributed by atoms with E-state index < -0.39 is 29.7 Å². The Kier molecular flexibility index (Phi) is 8.05. The zero-order valence-corrected chi connectivity index (χ0v) is 19.4. The molecule has 5 nitrogen and oxygen atoms in total. The maximum absolute atomic E-state index is 14.4. The summed E-state index contributed by atoms with van der Waals surface area (Å²) in [5, 5.41) is 25.7. The van der Waals surface area contributed by atoms with Gasteiger partial charge < -0.3 is 20.3 Å². The lowest BCUT2D eigenvalue weighted by Crippen LogP contribution is -2.37. The number of fused-ring (bicyclic) bond motifs is 1. The maximum atomic E-state index is 14.4. The Balaban J connectivity index is 1.33. The fraction of sp³-hybridized carbons (Fsp3) is 0.370. The summed E-state index contributed by atoms with van der Waals surface area (Å²) in [4.78, 5) is 4.07. The summed E-state index contributed by atoms with van der Waals surface area (Å²) in [5.74, 6) is -1.31. The molecule has 0 saturated heterocycles. The Morgan fingerprint density at radius 2 is 1.83 bits per heavy atom. The van der Waals surface area contributed by atoms with Gasteiger partial charge in [-0.2, -0.15) is 0 Å². The molecule has 1 heterocycles. The molecular formula is C27H29F3N2O3. The molecule has 186 valence electrons. The number of aliphatic hydroxyl groups is 2. The number of nitrogens with one attached hydrogen (secondary N) is 1. The van der Waals surface area contributed by atoms with Crippen molar-refractivity contribution < 1.29 is 28.1 Å². The van der Waals surface area contributed by atoms with E-state index in [1.54, 1.807) is 24.3 Å². The number of hydrogen-bond acceptors (Lipinski definition) is 5. The first-order chi connectivity index (χ1) is 16.9. The van der Waals surface area contributed by atoms with Crippen molar-refractivity contribution in [2.24, 2.45) is 5.92 Å². The van der Waals surface area contributed by atoms with Gasteiger partial charge >= 0.3 is 0 Å². The van der Waals surface area contributed by atoms with Crippen molar-refractivity contribution >= 4 is 17.0 Å². The van der Waals surface area contributed by atoms with Gasteiger partial charge in [0.05, 0.1) is 13.2 Å². The number of hydrogen-bond donors (Lipinski definition) is 3. The molecule has 0 unspecified atom stereocenters. The van der Waals surface area contributed by atoms with E-state index in [9.17, 15) is 23.4 Å². The van der Waals surface area contributed by atoms with Crippen LogP contribution in [-0.4, -0.2) is 41.0 Å². The van der Waals surface area contributed by atoms with Crippen molar-refractivity contribution in [3.8, 4) is 5.75 Å². The zero-order chi connectivity index (χ0) is 24.9. The van der Waals surface area contributed by atoms with Crippen LogP contribution in [0.25, 0.3) is 17.0 Å². The Morgan fingerprint density at radius 3 is 2.57 bits per heavy atom. The van der Waals surface area contributed by atoms with Gasteiger partial charge in [0.15, 0.2) is 5.82 Å². The highest BCUT2D eigenvalue weighted by Crippen LogP contribution is 2.36. The quantitative estimate of drug-likeness (QED) is 0.422. The van der Waals surface area contributed by atoms with Crippen LogP contribution in [-0.2, 0) is 0 Å². The van der Waals surface area contributed by atoms with E-state index in [1.807, 2.05) is 0 Å². The molecule has 0 amide bonds. The van der Waals surface area contributed by atoms with E-state index in [1.165, 1.54) is 19.4 Å². The highest BCUT2D eigenvalue weighted by atomic mass is 19.1. The van der Waals surface area contributed by atoms with Crippen LogP contribution >= 0.6 is 0 Å². The minimum atomic E-state index is -1.19. The number of methoxy groups -OCH3 is 1. The fourth-order valence-corrected chi connectivity index (χ4v) is 4.75. The second-order valence-corrected chi connectivity index (χ2v) is 8.93. The van der Waals surface area contributed by atoms with Crippen LogP contribution in [0.1, 0.15) is 42.9 Å². The summed E-state index contributed by atoms with van der Waals surface area (Å²) in [5.41, 5.74) is 0.734. The van der Waals surface area contributed by atoms with E-state index in [0.29, 0.717) is 36.1 Å². The predicted molar refractivity (Wildman–Crippen MR) is 128 cm³/mol. The van der Waals surface area contributed by atoms with Gasteiger partial charge in [-0.05, 0) is 67.5 Å². The number of aromatic nitrogens is 1. The van der Waals surface area contributed by atoms with Crippen molar-refractivity contribution in [1.82, 2.24) is 10.3 Å². The summed E-state index contributed by atoms with van der Waals surface area (Å²) in [7, 11) is 1.43. The lowest BCUT2D eigenvalue weighted by Gasteiger charge is -2.34. The molecule has 2 aromatic carbocycles. The van der Waals surface area contributed by atoms with Crippen LogP contribution < -0.4 is 10.1 Å². The largest absolute Gasteiger partial charge is 0.497 e. The molecule has 0 bridgehead atoms. The van der Waals surface area contributed by atoms with Gasteiger partial charge in [0.25, 0.3) is 0 Å². The Morgan fingerprint density at radius 1 is 1.06 bits per heavy atom. The number of nitrogens with zero attached hydrogens (tertiary/aromatic N) is 1. The lowest BCUT2D eigenvalue weighted by molar-refractivity contribution is -0.0299.